The van der Waals surface area contributed by atoms with E-state index >= 15 is 0 Å². The topological polar surface area (TPSA) is 42.4 Å². The molecule has 0 aromatic carbocycles. The Labute approximate surface area is 87.9 Å². The van der Waals surface area contributed by atoms with Crippen LogP contribution in [0.15, 0.2) is 10.7 Å². The SMILES string of the molecule is COc1cc(C(F)F)c(Br)nc1CO. The summed E-state index contributed by atoms with van der Waals surface area (Å²) in [7, 11) is 1.33. The van der Waals surface area contributed by atoms with Gasteiger partial charge in [-0.25, -0.2) is 13.8 Å². The molecule has 0 aliphatic heterocycles. The lowest BCUT2D eigenvalue weighted by atomic mass is 10.2. The Balaban J connectivity index is 3.23. The van der Waals surface area contributed by atoms with Crippen molar-refractivity contribution in [2.75, 3.05) is 7.11 Å². The van der Waals surface area contributed by atoms with Crippen LogP contribution in [0.25, 0.3) is 0 Å². The number of alkyl halides is 2. The first kappa shape index (κ1) is 11.3. The molecule has 0 spiro atoms. The number of hydrogen-bond acceptors (Lipinski definition) is 3. The van der Waals surface area contributed by atoms with E-state index in [4.69, 9.17) is 9.84 Å². The number of aliphatic hydroxyl groups excluding tert-OH is 1. The lowest BCUT2D eigenvalue weighted by Gasteiger charge is -2.09. The van der Waals surface area contributed by atoms with Crippen molar-refractivity contribution in [2.45, 2.75) is 13.0 Å². The molecule has 78 valence electrons. The highest BCUT2D eigenvalue weighted by Gasteiger charge is 2.16. The predicted molar refractivity (Wildman–Crippen MR) is 49.4 cm³/mol. The molecule has 0 unspecified atom stereocenters. The molecule has 1 aromatic heterocycles. The second-order valence-corrected chi connectivity index (χ2v) is 3.23. The van der Waals surface area contributed by atoms with Crippen molar-refractivity contribution in [2.24, 2.45) is 0 Å². The zero-order valence-electron chi connectivity index (χ0n) is 7.30. The standard InChI is InChI=1S/C8H8BrF2NO2/c1-14-6-2-4(8(10)11)7(9)12-5(6)3-13/h2,8,13H,3H2,1H3. The van der Waals surface area contributed by atoms with Gasteiger partial charge in [-0.3, -0.25) is 0 Å². The smallest absolute Gasteiger partial charge is 0.266 e. The van der Waals surface area contributed by atoms with Gasteiger partial charge in [0.25, 0.3) is 6.43 Å². The molecule has 1 heterocycles. The molecular formula is C8H8BrF2NO2. The highest BCUT2D eigenvalue weighted by Crippen LogP contribution is 2.30. The summed E-state index contributed by atoms with van der Waals surface area (Å²) in [6.45, 7) is -0.356. The minimum Gasteiger partial charge on any atom is -0.495 e. The van der Waals surface area contributed by atoms with E-state index in [1.54, 1.807) is 0 Å². The van der Waals surface area contributed by atoms with Crippen LogP contribution in [-0.4, -0.2) is 17.2 Å². The Kier molecular flexibility index (Phi) is 3.77. The third-order valence-electron chi connectivity index (χ3n) is 1.65. The molecule has 1 rings (SSSR count). The minimum absolute atomic E-state index is 0.0253. The number of methoxy groups -OCH3 is 1. The highest BCUT2D eigenvalue weighted by atomic mass is 79.9. The van der Waals surface area contributed by atoms with Crippen molar-refractivity contribution < 1.29 is 18.6 Å². The van der Waals surface area contributed by atoms with E-state index in [1.165, 1.54) is 7.11 Å². The molecule has 6 heteroatoms. The van der Waals surface area contributed by atoms with Crippen LogP contribution in [0, 0.1) is 0 Å². The van der Waals surface area contributed by atoms with Crippen molar-refractivity contribution in [3.8, 4) is 5.75 Å². The molecule has 3 nitrogen and oxygen atoms in total. The van der Waals surface area contributed by atoms with Crippen LogP contribution in [0.1, 0.15) is 17.7 Å². The van der Waals surface area contributed by atoms with E-state index in [9.17, 15) is 8.78 Å². The fraction of sp³-hybridized carbons (Fsp3) is 0.375. The summed E-state index contributed by atoms with van der Waals surface area (Å²) in [5, 5.41) is 8.85. The fourth-order valence-electron chi connectivity index (χ4n) is 0.965. The van der Waals surface area contributed by atoms with Crippen molar-refractivity contribution in [1.29, 1.82) is 0 Å². The summed E-state index contributed by atoms with van der Waals surface area (Å²) < 4.78 is 29.6. The molecule has 1 aromatic rings. The number of aromatic nitrogens is 1. The van der Waals surface area contributed by atoms with E-state index in [1.807, 2.05) is 0 Å². The largest absolute Gasteiger partial charge is 0.495 e. The molecule has 0 saturated heterocycles. The molecule has 14 heavy (non-hydrogen) atoms. The highest BCUT2D eigenvalue weighted by molar-refractivity contribution is 9.10. The maximum atomic E-state index is 12.4. The van der Waals surface area contributed by atoms with Crippen molar-refractivity contribution in [1.82, 2.24) is 4.98 Å². The van der Waals surface area contributed by atoms with Gasteiger partial charge < -0.3 is 9.84 Å². The summed E-state index contributed by atoms with van der Waals surface area (Å²) in [5.74, 6) is 0.158. The number of aliphatic hydroxyl groups is 1. The van der Waals surface area contributed by atoms with Crippen LogP contribution in [0.5, 0.6) is 5.75 Å². The van der Waals surface area contributed by atoms with Crippen LogP contribution in [0.3, 0.4) is 0 Å². The zero-order chi connectivity index (χ0) is 10.7. The first-order valence-electron chi connectivity index (χ1n) is 3.72. The van der Waals surface area contributed by atoms with Crippen molar-refractivity contribution in [3.05, 3.63) is 21.9 Å². The minimum atomic E-state index is -2.63. The monoisotopic (exact) mass is 267 g/mol. The summed E-state index contributed by atoms with van der Waals surface area (Å²) in [5.41, 5.74) is -0.0252. The van der Waals surface area contributed by atoms with Gasteiger partial charge in [-0.2, -0.15) is 0 Å². The number of halogens is 3. The molecule has 0 fully saturated rings. The average molecular weight is 268 g/mol. The maximum Gasteiger partial charge on any atom is 0.266 e. The number of nitrogens with zero attached hydrogens (tertiary/aromatic N) is 1. The van der Waals surface area contributed by atoms with Gasteiger partial charge >= 0.3 is 0 Å². The molecule has 1 N–H and O–H groups in total. The quantitative estimate of drug-likeness (QED) is 0.855. The first-order valence-corrected chi connectivity index (χ1v) is 4.51. The van der Waals surface area contributed by atoms with E-state index in [0.717, 1.165) is 6.07 Å². The van der Waals surface area contributed by atoms with Crippen LogP contribution in [-0.2, 0) is 6.61 Å². The van der Waals surface area contributed by atoms with E-state index < -0.39 is 6.43 Å². The van der Waals surface area contributed by atoms with Gasteiger partial charge in [0.15, 0.2) is 0 Å². The molecule has 0 aliphatic rings. The number of rotatable bonds is 3. The Morgan fingerprint density at radius 1 is 1.64 bits per heavy atom. The van der Waals surface area contributed by atoms with Crippen molar-refractivity contribution in [3.63, 3.8) is 0 Å². The van der Waals surface area contributed by atoms with Crippen molar-refractivity contribution >= 4 is 15.9 Å². The fourth-order valence-corrected chi connectivity index (χ4v) is 1.47. The van der Waals surface area contributed by atoms with Crippen LogP contribution in [0.4, 0.5) is 8.78 Å². The third-order valence-corrected chi connectivity index (χ3v) is 2.28. The van der Waals surface area contributed by atoms with Crippen LogP contribution >= 0.6 is 15.9 Å². The number of pyridine rings is 1. The summed E-state index contributed by atoms with van der Waals surface area (Å²) in [6, 6.07) is 1.16. The summed E-state index contributed by atoms with van der Waals surface area (Å²) >= 11 is 2.89. The summed E-state index contributed by atoms with van der Waals surface area (Å²) in [6.07, 6.45) is -2.63. The normalized spacial score (nSPS) is 10.7. The zero-order valence-corrected chi connectivity index (χ0v) is 8.88. The Morgan fingerprint density at radius 3 is 2.71 bits per heavy atom. The van der Waals surface area contributed by atoms with Crippen LogP contribution < -0.4 is 4.74 Å². The molecule has 0 bridgehead atoms. The van der Waals surface area contributed by atoms with Gasteiger partial charge in [-0.05, 0) is 22.0 Å². The lowest BCUT2D eigenvalue weighted by molar-refractivity contribution is 0.149. The molecule has 0 amide bonds. The molecular weight excluding hydrogens is 260 g/mol. The van der Waals surface area contributed by atoms with E-state index in [2.05, 4.69) is 20.9 Å². The second kappa shape index (κ2) is 4.65. The lowest BCUT2D eigenvalue weighted by Crippen LogP contribution is -2.00. The van der Waals surface area contributed by atoms with Gasteiger partial charge in [0, 0.05) is 0 Å². The average Bonchev–Trinajstić information content (AvgIpc) is 2.16. The second-order valence-electron chi connectivity index (χ2n) is 2.48. The Morgan fingerprint density at radius 2 is 2.29 bits per heavy atom. The summed E-state index contributed by atoms with van der Waals surface area (Å²) in [4.78, 5) is 3.75. The van der Waals surface area contributed by atoms with Gasteiger partial charge in [0.05, 0.1) is 19.3 Å². The Bertz CT molecular complexity index is 333. The number of hydrogen-bond donors (Lipinski definition) is 1. The number of ether oxygens (including phenoxy) is 1. The molecule has 0 aliphatic carbocycles. The molecule has 0 saturated carbocycles. The van der Waals surface area contributed by atoms with E-state index in [-0.39, 0.29) is 28.2 Å². The molecule has 0 atom stereocenters. The van der Waals surface area contributed by atoms with Gasteiger partial charge in [-0.15, -0.1) is 0 Å². The van der Waals surface area contributed by atoms with E-state index in [0.29, 0.717) is 0 Å². The van der Waals surface area contributed by atoms with Crippen LogP contribution in [0.2, 0.25) is 0 Å². The van der Waals surface area contributed by atoms with Gasteiger partial charge in [0.2, 0.25) is 0 Å². The third kappa shape index (κ3) is 2.19. The Hall–Kier alpha value is -0.750. The molecule has 0 radical (unpaired) electrons. The first-order chi connectivity index (χ1) is 6.60. The van der Waals surface area contributed by atoms with Gasteiger partial charge in [0.1, 0.15) is 16.0 Å². The van der Waals surface area contributed by atoms with Gasteiger partial charge in [-0.1, -0.05) is 0 Å². The predicted octanol–water partition coefficient (Wildman–Crippen LogP) is 2.28. The maximum absolute atomic E-state index is 12.4.